The molecule has 18 heavy (non-hydrogen) atoms. The van der Waals surface area contributed by atoms with Gasteiger partial charge in [0.1, 0.15) is 0 Å². The van der Waals surface area contributed by atoms with Gasteiger partial charge in [0.25, 0.3) is 0 Å². The molecule has 94 valence electrons. The van der Waals surface area contributed by atoms with Gasteiger partial charge in [-0.15, -0.1) is 0 Å². The lowest BCUT2D eigenvalue weighted by Gasteiger charge is -2.10. The number of aryl methyl sites for hydroxylation is 1. The van der Waals surface area contributed by atoms with E-state index < -0.39 is 5.97 Å². The highest BCUT2D eigenvalue weighted by molar-refractivity contribution is 5.96. The predicted octanol–water partition coefficient (Wildman–Crippen LogP) is 4.13. The lowest BCUT2D eigenvalue weighted by Crippen LogP contribution is -2.00. The van der Waals surface area contributed by atoms with Crippen LogP contribution in [0.1, 0.15) is 36.2 Å². The third kappa shape index (κ3) is 2.70. The minimum atomic E-state index is -0.855. The summed E-state index contributed by atoms with van der Waals surface area (Å²) in [7, 11) is 0. The second kappa shape index (κ2) is 5.21. The van der Waals surface area contributed by atoms with E-state index in [1.165, 1.54) is 5.39 Å². The highest BCUT2D eigenvalue weighted by Gasteiger charge is 2.09. The number of rotatable bonds is 4. The van der Waals surface area contributed by atoms with Crippen LogP contribution in [0.3, 0.4) is 0 Å². The quantitative estimate of drug-likeness (QED) is 0.875. The molecule has 0 aliphatic rings. The van der Waals surface area contributed by atoms with Crippen molar-refractivity contribution in [3.63, 3.8) is 0 Å². The Morgan fingerprint density at radius 1 is 1.22 bits per heavy atom. The summed E-state index contributed by atoms with van der Waals surface area (Å²) in [6.45, 7) is 4.37. The van der Waals surface area contributed by atoms with E-state index >= 15 is 0 Å². The Kier molecular flexibility index (Phi) is 3.66. The summed E-state index contributed by atoms with van der Waals surface area (Å²) in [6, 6.07) is 11.5. The van der Waals surface area contributed by atoms with Crippen molar-refractivity contribution in [3.8, 4) is 0 Å². The average Bonchev–Trinajstić information content (AvgIpc) is 2.35. The van der Waals surface area contributed by atoms with E-state index in [9.17, 15) is 4.79 Å². The number of aromatic carboxylic acids is 1. The standard InChI is InChI=1S/C16H18O2/c1-11(2)7-8-13-10-14(16(17)18)9-12-5-3-4-6-15(12)13/h3-6,9-11H,7-8H2,1-2H3,(H,17,18). The first-order valence-electron chi connectivity index (χ1n) is 6.33. The van der Waals surface area contributed by atoms with Crippen LogP contribution in [0.15, 0.2) is 36.4 Å². The van der Waals surface area contributed by atoms with E-state index in [1.807, 2.05) is 24.3 Å². The van der Waals surface area contributed by atoms with Crippen LogP contribution in [-0.4, -0.2) is 11.1 Å². The molecule has 0 saturated heterocycles. The lowest BCUT2D eigenvalue weighted by atomic mass is 9.95. The summed E-state index contributed by atoms with van der Waals surface area (Å²) >= 11 is 0. The van der Waals surface area contributed by atoms with Gasteiger partial charge in [0.2, 0.25) is 0 Å². The molecule has 2 nitrogen and oxygen atoms in total. The number of benzene rings is 2. The first kappa shape index (κ1) is 12.6. The number of carbonyl (C=O) groups is 1. The van der Waals surface area contributed by atoms with Crippen molar-refractivity contribution < 1.29 is 9.90 Å². The van der Waals surface area contributed by atoms with Crippen LogP contribution in [0.5, 0.6) is 0 Å². The van der Waals surface area contributed by atoms with Crippen molar-refractivity contribution in [2.75, 3.05) is 0 Å². The number of hydrogen-bond donors (Lipinski definition) is 1. The number of carboxylic acid groups (broad SMARTS) is 1. The zero-order valence-corrected chi connectivity index (χ0v) is 10.8. The van der Waals surface area contributed by atoms with Gasteiger partial charge in [0.15, 0.2) is 0 Å². The van der Waals surface area contributed by atoms with E-state index in [0.717, 1.165) is 23.8 Å². The molecule has 0 unspecified atom stereocenters. The van der Waals surface area contributed by atoms with Gasteiger partial charge in [-0.05, 0) is 47.2 Å². The van der Waals surface area contributed by atoms with E-state index in [-0.39, 0.29) is 0 Å². The largest absolute Gasteiger partial charge is 0.478 e. The molecule has 2 rings (SSSR count). The number of hydrogen-bond acceptors (Lipinski definition) is 1. The van der Waals surface area contributed by atoms with Gasteiger partial charge < -0.3 is 5.11 Å². The fourth-order valence-electron chi connectivity index (χ4n) is 2.16. The Hall–Kier alpha value is -1.83. The van der Waals surface area contributed by atoms with Gasteiger partial charge in [-0.2, -0.15) is 0 Å². The van der Waals surface area contributed by atoms with Crippen LogP contribution >= 0.6 is 0 Å². The maximum Gasteiger partial charge on any atom is 0.335 e. The normalized spacial score (nSPS) is 11.1. The third-order valence-electron chi connectivity index (χ3n) is 3.19. The van der Waals surface area contributed by atoms with Crippen molar-refractivity contribution in [1.29, 1.82) is 0 Å². The van der Waals surface area contributed by atoms with Crippen molar-refractivity contribution in [1.82, 2.24) is 0 Å². The lowest BCUT2D eigenvalue weighted by molar-refractivity contribution is 0.0697. The first-order chi connectivity index (χ1) is 8.58. The maximum absolute atomic E-state index is 11.1. The van der Waals surface area contributed by atoms with Gasteiger partial charge in [-0.1, -0.05) is 38.1 Å². The molecule has 0 aliphatic carbocycles. The second-order valence-electron chi connectivity index (χ2n) is 5.09. The molecule has 0 bridgehead atoms. The van der Waals surface area contributed by atoms with Gasteiger partial charge in [-0.25, -0.2) is 4.79 Å². The number of fused-ring (bicyclic) bond motifs is 1. The van der Waals surface area contributed by atoms with Crippen LogP contribution in [0, 0.1) is 5.92 Å². The van der Waals surface area contributed by atoms with Gasteiger partial charge in [-0.3, -0.25) is 0 Å². The Morgan fingerprint density at radius 3 is 2.61 bits per heavy atom. The minimum Gasteiger partial charge on any atom is -0.478 e. The first-order valence-corrected chi connectivity index (χ1v) is 6.33. The number of carboxylic acids is 1. The van der Waals surface area contributed by atoms with Crippen LogP contribution in [-0.2, 0) is 6.42 Å². The van der Waals surface area contributed by atoms with Crippen molar-refractivity contribution >= 4 is 16.7 Å². The topological polar surface area (TPSA) is 37.3 Å². The maximum atomic E-state index is 11.1. The molecule has 0 amide bonds. The molecule has 0 aliphatic heterocycles. The molecule has 0 radical (unpaired) electrons. The molecule has 0 spiro atoms. The monoisotopic (exact) mass is 242 g/mol. The van der Waals surface area contributed by atoms with Crippen LogP contribution < -0.4 is 0 Å². The van der Waals surface area contributed by atoms with Crippen LogP contribution in [0.2, 0.25) is 0 Å². The zero-order chi connectivity index (χ0) is 13.1. The van der Waals surface area contributed by atoms with E-state index in [2.05, 4.69) is 19.9 Å². The predicted molar refractivity (Wildman–Crippen MR) is 74.1 cm³/mol. The molecular formula is C16H18O2. The van der Waals surface area contributed by atoms with Gasteiger partial charge in [0.05, 0.1) is 5.56 Å². The molecule has 2 heteroatoms. The summed E-state index contributed by atoms with van der Waals surface area (Å²) in [4.78, 5) is 11.1. The van der Waals surface area contributed by atoms with Crippen molar-refractivity contribution in [2.24, 2.45) is 5.92 Å². The summed E-state index contributed by atoms with van der Waals surface area (Å²) in [5, 5.41) is 11.3. The Labute approximate surface area is 107 Å². The molecule has 0 heterocycles. The third-order valence-corrected chi connectivity index (χ3v) is 3.19. The SMILES string of the molecule is CC(C)CCc1cc(C(=O)O)cc2ccccc12. The molecular weight excluding hydrogens is 224 g/mol. The highest BCUT2D eigenvalue weighted by atomic mass is 16.4. The summed E-state index contributed by atoms with van der Waals surface area (Å²) < 4.78 is 0. The molecule has 2 aromatic rings. The van der Waals surface area contributed by atoms with Crippen LogP contribution in [0.25, 0.3) is 10.8 Å². The molecule has 0 fully saturated rings. The summed E-state index contributed by atoms with van der Waals surface area (Å²) in [5.74, 6) is -0.233. The molecule has 1 N–H and O–H groups in total. The molecule has 0 atom stereocenters. The van der Waals surface area contributed by atoms with Crippen LogP contribution in [0.4, 0.5) is 0 Å². The average molecular weight is 242 g/mol. The summed E-state index contributed by atoms with van der Waals surface area (Å²) in [6.07, 6.45) is 2.01. The highest BCUT2D eigenvalue weighted by Crippen LogP contribution is 2.23. The fourth-order valence-corrected chi connectivity index (χ4v) is 2.16. The second-order valence-corrected chi connectivity index (χ2v) is 5.09. The van der Waals surface area contributed by atoms with E-state index in [1.54, 1.807) is 6.07 Å². The molecule has 2 aromatic carbocycles. The Morgan fingerprint density at radius 2 is 1.94 bits per heavy atom. The Balaban J connectivity index is 2.50. The smallest absolute Gasteiger partial charge is 0.335 e. The van der Waals surface area contributed by atoms with Crippen molar-refractivity contribution in [3.05, 3.63) is 47.5 Å². The molecule has 0 aromatic heterocycles. The van der Waals surface area contributed by atoms with Crippen molar-refractivity contribution in [2.45, 2.75) is 26.7 Å². The minimum absolute atomic E-state index is 0.382. The van der Waals surface area contributed by atoms with Gasteiger partial charge >= 0.3 is 5.97 Å². The fraction of sp³-hybridized carbons (Fsp3) is 0.312. The van der Waals surface area contributed by atoms with E-state index in [4.69, 9.17) is 5.11 Å². The van der Waals surface area contributed by atoms with E-state index in [0.29, 0.717) is 11.5 Å². The molecule has 0 saturated carbocycles. The summed E-state index contributed by atoms with van der Waals surface area (Å²) in [5.41, 5.74) is 1.52. The van der Waals surface area contributed by atoms with Gasteiger partial charge in [0, 0.05) is 0 Å². The Bertz CT molecular complexity index is 570. The zero-order valence-electron chi connectivity index (χ0n) is 10.8.